The largest absolute Gasteiger partial charge is 0.495 e. The molecule has 0 aliphatic carbocycles. The topological polar surface area (TPSA) is 116 Å². The molecule has 2 N–H and O–H groups in total. The molecule has 1 saturated heterocycles. The van der Waals surface area contributed by atoms with Gasteiger partial charge in [0.25, 0.3) is 0 Å². The Bertz CT molecular complexity index is 876. The third-order valence-corrected chi connectivity index (χ3v) is 6.30. The maximum atomic E-state index is 12.9. The van der Waals surface area contributed by atoms with Crippen molar-refractivity contribution in [3.05, 3.63) is 23.2 Å². The second-order valence-electron chi connectivity index (χ2n) is 6.16. The summed E-state index contributed by atoms with van der Waals surface area (Å²) in [6, 6.07) is 4.40. The van der Waals surface area contributed by atoms with E-state index in [4.69, 9.17) is 26.2 Å². The van der Waals surface area contributed by atoms with E-state index in [0.717, 1.165) is 4.31 Å². The Hall–Kier alpha value is -2.09. The number of hydrogen-bond acceptors (Lipinski definition) is 6. The lowest BCUT2D eigenvalue weighted by molar-refractivity contribution is -0.192. The van der Waals surface area contributed by atoms with Crippen LogP contribution in [0.4, 0.5) is 13.2 Å². The molecule has 1 aliphatic rings. The number of aliphatic carboxylic acids is 1. The minimum Gasteiger partial charge on any atom is -0.495 e. The van der Waals surface area contributed by atoms with Crippen molar-refractivity contribution in [1.82, 2.24) is 14.5 Å². The molecule has 1 fully saturated rings. The van der Waals surface area contributed by atoms with Crippen LogP contribution in [-0.4, -0.2) is 87.2 Å². The van der Waals surface area contributed by atoms with E-state index in [0.29, 0.717) is 31.2 Å². The van der Waals surface area contributed by atoms with E-state index >= 15 is 0 Å². The van der Waals surface area contributed by atoms with E-state index in [2.05, 4.69) is 5.32 Å². The van der Waals surface area contributed by atoms with E-state index in [-0.39, 0.29) is 29.6 Å². The number of carboxylic acid groups (broad SMARTS) is 1. The fraction of sp³-hybridized carbons (Fsp3) is 0.529. The van der Waals surface area contributed by atoms with Crippen molar-refractivity contribution in [2.75, 3.05) is 46.4 Å². The molecule has 1 amide bonds. The predicted molar refractivity (Wildman–Crippen MR) is 106 cm³/mol. The van der Waals surface area contributed by atoms with Crippen LogP contribution in [0, 0.1) is 0 Å². The molecule has 1 aromatic rings. The van der Waals surface area contributed by atoms with E-state index in [1.807, 2.05) is 0 Å². The SMILES string of the molecule is CCN(CC(=O)N1CCNCC1)S(=O)(=O)c1cc(Cl)ccc1OC.O=C(O)C(F)(F)F. The maximum Gasteiger partial charge on any atom is 0.490 e. The molecular weight excluding hydrogens is 467 g/mol. The first kappa shape index (κ1) is 26.9. The smallest absolute Gasteiger partial charge is 0.490 e. The van der Waals surface area contributed by atoms with Gasteiger partial charge in [0.2, 0.25) is 15.9 Å². The average molecular weight is 490 g/mol. The summed E-state index contributed by atoms with van der Waals surface area (Å²) in [5, 5.41) is 10.6. The zero-order valence-electron chi connectivity index (χ0n) is 16.8. The zero-order chi connectivity index (χ0) is 23.8. The molecule has 0 unspecified atom stereocenters. The van der Waals surface area contributed by atoms with Gasteiger partial charge in [0, 0.05) is 37.7 Å². The second kappa shape index (κ2) is 11.5. The lowest BCUT2D eigenvalue weighted by Crippen LogP contribution is -2.50. The quantitative estimate of drug-likeness (QED) is 0.621. The number of amides is 1. The molecule has 31 heavy (non-hydrogen) atoms. The second-order valence-corrected chi connectivity index (χ2v) is 8.50. The third kappa shape index (κ3) is 7.83. The number of alkyl halides is 3. The van der Waals surface area contributed by atoms with Gasteiger partial charge in [-0.2, -0.15) is 17.5 Å². The molecule has 2 rings (SSSR count). The average Bonchev–Trinajstić information content (AvgIpc) is 2.72. The van der Waals surface area contributed by atoms with Gasteiger partial charge in [0.1, 0.15) is 10.6 Å². The van der Waals surface area contributed by atoms with Gasteiger partial charge in [-0.1, -0.05) is 18.5 Å². The number of nitrogens with zero attached hydrogens (tertiary/aromatic N) is 2. The van der Waals surface area contributed by atoms with E-state index in [1.165, 1.54) is 19.2 Å². The number of hydrogen-bond donors (Lipinski definition) is 2. The number of carbonyl (C=O) groups is 2. The summed E-state index contributed by atoms with van der Waals surface area (Å²) in [4.78, 5) is 22.9. The van der Waals surface area contributed by atoms with Gasteiger partial charge in [-0.3, -0.25) is 4.79 Å². The summed E-state index contributed by atoms with van der Waals surface area (Å²) in [6.07, 6.45) is -5.08. The molecule has 0 spiro atoms. The van der Waals surface area contributed by atoms with Crippen molar-refractivity contribution in [2.45, 2.75) is 18.0 Å². The van der Waals surface area contributed by atoms with Crippen molar-refractivity contribution in [3.63, 3.8) is 0 Å². The van der Waals surface area contributed by atoms with Gasteiger partial charge in [-0.15, -0.1) is 0 Å². The first-order chi connectivity index (χ1) is 14.3. The lowest BCUT2D eigenvalue weighted by Gasteiger charge is -2.30. The Labute approximate surface area is 182 Å². The molecule has 1 heterocycles. The molecule has 9 nitrogen and oxygen atoms in total. The highest BCUT2D eigenvalue weighted by Crippen LogP contribution is 2.29. The molecule has 0 aromatic heterocycles. The molecule has 0 atom stereocenters. The van der Waals surface area contributed by atoms with Crippen LogP contribution < -0.4 is 10.1 Å². The summed E-state index contributed by atoms with van der Waals surface area (Å²) < 4.78 is 63.9. The minimum absolute atomic E-state index is 0.0348. The fourth-order valence-electron chi connectivity index (χ4n) is 2.52. The molecule has 176 valence electrons. The lowest BCUT2D eigenvalue weighted by atomic mass is 10.3. The summed E-state index contributed by atoms with van der Waals surface area (Å²) >= 11 is 5.93. The van der Waals surface area contributed by atoms with Gasteiger partial charge < -0.3 is 20.1 Å². The highest BCUT2D eigenvalue weighted by molar-refractivity contribution is 7.89. The Morgan fingerprint density at radius 3 is 2.29 bits per heavy atom. The molecule has 0 radical (unpaired) electrons. The number of carboxylic acids is 1. The van der Waals surface area contributed by atoms with Crippen LogP contribution in [-0.2, 0) is 19.6 Å². The van der Waals surface area contributed by atoms with Gasteiger partial charge in [-0.25, -0.2) is 13.2 Å². The number of carbonyl (C=O) groups excluding carboxylic acids is 1. The van der Waals surface area contributed by atoms with Crippen molar-refractivity contribution in [2.24, 2.45) is 0 Å². The number of benzene rings is 1. The van der Waals surface area contributed by atoms with Gasteiger partial charge in [-0.05, 0) is 18.2 Å². The van der Waals surface area contributed by atoms with Gasteiger partial charge in [0.05, 0.1) is 13.7 Å². The highest BCUT2D eigenvalue weighted by Gasteiger charge is 2.38. The van der Waals surface area contributed by atoms with Crippen molar-refractivity contribution >= 4 is 33.5 Å². The number of ether oxygens (including phenoxy) is 1. The number of rotatable bonds is 6. The summed E-state index contributed by atoms with van der Waals surface area (Å²) in [6.45, 7) is 4.26. The van der Waals surface area contributed by atoms with Crippen LogP contribution in [0.3, 0.4) is 0 Å². The fourth-order valence-corrected chi connectivity index (χ4v) is 4.34. The van der Waals surface area contributed by atoms with E-state index in [1.54, 1.807) is 17.9 Å². The molecular formula is C17H23ClF3N3O6S. The number of halogens is 4. The number of likely N-dealkylation sites (N-methyl/N-ethyl adjacent to an activating group) is 1. The molecule has 1 aromatic carbocycles. The first-order valence-corrected chi connectivity index (χ1v) is 10.8. The summed E-state index contributed by atoms with van der Waals surface area (Å²) in [5.74, 6) is -2.76. The Balaban J connectivity index is 0.000000592. The number of nitrogens with one attached hydrogen (secondary N) is 1. The Kier molecular flexibility index (Phi) is 10.0. The molecule has 0 bridgehead atoms. The van der Waals surface area contributed by atoms with Gasteiger partial charge in [0.15, 0.2) is 0 Å². The number of sulfonamides is 1. The molecule has 14 heteroatoms. The van der Waals surface area contributed by atoms with Crippen LogP contribution in [0.2, 0.25) is 5.02 Å². The predicted octanol–water partition coefficient (Wildman–Crippen LogP) is 1.42. The van der Waals surface area contributed by atoms with E-state index in [9.17, 15) is 26.4 Å². The molecule has 0 saturated carbocycles. The van der Waals surface area contributed by atoms with Crippen LogP contribution in [0.5, 0.6) is 5.75 Å². The zero-order valence-corrected chi connectivity index (χ0v) is 18.4. The Morgan fingerprint density at radius 2 is 1.84 bits per heavy atom. The highest BCUT2D eigenvalue weighted by atomic mass is 35.5. The maximum absolute atomic E-state index is 12.9. The van der Waals surface area contributed by atoms with Crippen LogP contribution in [0.25, 0.3) is 0 Å². The minimum atomic E-state index is -5.08. The van der Waals surface area contributed by atoms with Crippen molar-refractivity contribution in [3.8, 4) is 5.75 Å². The Morgan fingerprint density at radius 1 is 1.29 bits per heavy atom. The normalized spacial score (nSPS) is 14.6. The third-order valence-electron chi connectivity index (χ3n) is 4.12. The number of piperazine rings is 1. The number of methoxy groups -OCH3 is 1. The van der Waals surface area contributed by atoms with E-state index < -0.39 is 22.2 Å². The van der Waals surface area contributed by atoms with Crippen LogP contribution >= 0.6 is 11.6 Å². The van der Waals surface area contributed by atoms with Crippen molar-refractivity contribution in [1.29, 1.82) is 0 Å². The standard InChI is InChI=1S/C15H22ClN3O4S.C2HF3O2/c1-3-19(11-15(20)18-8-6-17-7-9-18)24(21,22)14-10-12(16)4-5-13(14)23-2;3-2(4,5)1(6)7/h4-5,10,17H,3,6-9,11H2,1-2H3;(H,6,7). The van der Waals surface area contributed by atoms with Crippen LogP contribution in [0.15, 0.2) is 23.1 Å². The van der Waals surface area contributed by atoms with Crippen molar-refractivity contribution < 1.29 is 41.0 Å². The first-order valence-electron chi connectivity index (χ1n) is 8.96. The van der Waals surface area contributed by atoms with Crippen LogP contribution in [0.1, 0.15) is 6.92 Å². The monoisotopic (exact) mass is 489 g/mol. The summed E-state index contributed by atoms with van der Waals surface area (Å²) in [5.41, 5.74) is 0. The van der Waals surface area contributed by atoms with Gasteiger partial charge >= 0.3 is 12.1 Å². The summed E-state index contributed by atoms with van der Waals surface area (Å²) in [7, 11) is -2.50. The molecule has 1 aliphatic heterocycles.